The number of nitrogens with zero attached hydrogens (tertiary/aromatic N) is 3. The van der Waals surface area contributed by atoms with Crippen molar-refractivity contribution in [2.75, 3.05) is 37.7 Å². The molecule has 1 N–H and O–H groups in total. The number of hydrogen-bond donors (Lipinski definition) is 1. The quantitative estimate of drug-likeness (QED) is 0.811. The molecular formula is C14H18N4O. The third kappa shape index (κ3) is 2.55. The summed E-state index contributed by atoms with van der Waals surface area (Å²) in [7, 11) is 0. The number of nitrogens with one attached hydrogen (secondary N) is 1. The number of nitriles is 1. The van der Waals surface area contributed by atoms with Crippen molar-refractivity contribution in [1.82, 2.24) is 10.3 Å². The minimum Gasteiger partial charge on any atom is -0.371 e. The van der Waals surface area contributed by atoms with Crippen molar-refractivity contribution in [2.45, 2.75) is 18.4 Å². The van der Waals surface area contributed by atoms with Gasteiger partial charge in [-0.25, -0.2) is 4.98 Å². The third-order valence-electron chi connectivity index (χ3n) is 3.85. The topological polar surface area (TPSA) is 61.2 Å². The molecule has 1 aromatic heterocycles. The number of pyridine rings is 1. The van der Waals surface area contributed by atoms with Crippen molar-refractivity contribution in [3.8, 4) is 6.07 Å². The molecule has 1 atom stereocenters. The van der Waals surface area contributed by atoms with Gasteiger partial charge in [-0.3, -0.25) is 0 Å². The van der Waals surface area contributed by atoms with Crippen molar-refractivity contribution < 1.29 is 4.74 Å². The number of piperidine rings is 1. The largest absolute Gasteiger partial charge is 0.371 e. The molecule has 19 heavy (non-hydrogen) atoms. The highest BCUT2D eigenvalue weighted by molar-refractivity contribution is 5.42. The molecule has 0 aromatic carbocycles. The smallest absolute Gasteiger partial charge is 0.142 e. The Bertz CT molecular complexity index is 485. The lowest BCUT2D eigenvalue weighted by Crippen LogP contribution is -2.59. The van der Waals surface area contributed by atoms with E-state index in [1.165, 1.54) is 0 Å². The van der Waals surface area contributed by atoms with E-state index in [1.807, 2.05) is 12.1 Å². The summed E-state index contributed by atoms with van der Waals surface area (Å²) in [4.78, 5) is 6.62. The molecule has 100 valence electrons. The number of aromatic nitrogens is 1. The summed E-state index contributed by atoms with van der Waals surface area (Å²) in [6.45, 7) is 4.44. The van der Waals surface area contributed by atoms with E-state index in [1.54, 1.807) is 6.07 Å². The molecule has 1 aromatic rings. The summed E-state index contributed by atoms with van der Waals surface area (Å²) in [5.74, 6) is 0.882. The molecule has 2 saturated heterocycles. The lowest BCUT2D eigenvalue weighted by Gasteiger charge is -2.45. The van der Waals surface area contributed by atoms with Crippen LogP contribution in [-0.2, 0) is 4.74 Å². The average Bonchev–Trinajstić information content (AvgIpc) is 2.48. The predicted molar refractivity (Wildman–Crippen MR) is 72.0 cm³/mol. The van der Waals surface area contributed by atoms with Crippen molar-refractivity contribution in [3.05, 3.63) is 23.9 Å². The maximum Gasteiger partial charge on any atom is 0.142 e. The fourth-order valence-corrected chi connectivity index (χ4v) is 2.92. The minimum atomic E-state index is -0.0825. The molecule has 0 unspecified atom stereocenters. The lowest BCUT2D eigenvalue weighted by molar-refractivity contribution is -0.0726. The monoisotopic (exact) mass is 258 g/mol. The summed E-state index contributed by atoms with van der Waals surface area (Å²) in [6.07, 6.45) is 2.19. The van der Waals surface area contributed by atoms with Crippen LogP contribution in [0.1, 0.15) is 18.5 Å². The van der Waals surface area contributed by atoms with Gasteiger partial charge in [-0.1, -0.05) is 6.07 Å². The van der Waals surface area contributed by atoms with Gasteiger partial charge in [-0.05, 0) is 25.0 Å². The van der Waals surface area contributed by atoms with Crippen LogP contribution in [0.25, 0.3) is 0 Å². The van der Waals surface area contributed by atoms with Gasteiger partial charge in [0, 0.05) is 26.2 Å². The molecule has 0 bridgehead atoms. The SMILES string of the molecule is N#Cc1cccc(N2CCC[C@]3(CNCCO3)C2)n1. The first-order valence-corrected chi connectivity index (χ1v) is 6.78. The van der Waals surface area contributed by atoms with Crippen molar-refractivity contribution in [2.24, 2.45) is 0 Å². The number of anilines is 1. The number of rotatable bonds is 1. The molecule has 5 nitrogen and oxygen atoms in total. The van der Waals surface area contributed by atoms with Gasteiger partial charge in [0.2, 0.25) is 0 Å². The summed E-state index contributed by atoms with van der Waals surface area (Å²) in [6, 6.07) is 7.69. The van der Waals surface area contributed by atoms with Gasteiger partial charge in [-0.15, -0.1) is 0 Å². The van der Waals surface area contributed by atoms with Gasteiger partial charge in [0.15, 0.2) is 0 Å². The molecule has 0 aliphatic carbocycles. The highest BCUT2D eigenvalue weighted by atomic mass is 16.5. The molecular weight excluding hydrogens is 240 g/mol. The van der Waals surface area contributed by atoms with Crippen LogP contribution in [0.3, 0.4) is 0 Å². The first-order valence-electron chi connectivity index (χ1n) is 6.78. The van der Waals surface area contributed by atoms with E-state index in [-0.39, 0.29) is 5.60 Å². The Morgan fingerprint density at radius 2 is 2.42 bits per heavy atom. The van der Waals surface area contributed by atoms with Crippen molar-refractivity contribution in [1.29, 1.82) is 5.26 Å². The Morgan fingerprint density at radius 3 is 3.21 bits per heavy atom. The highest BCUT2D eigenvalue weighted by Gasteiger charge is 2.38. The van der Waals surface area contributed by atoms with E-state index in [0.717, 1.165) is 51.4 Å². The van der Waals surface area contributed by atoms with E-state index in [0.29, 0.717) is 5.69 Å². The Kier molecular flexibility index (Phi) is 3.36. The predicted octanol–water partition coefficient (Wildman–Crippen LogP) is 0.912. The second kappa shape index (κ2) is 5.16. The lowest BCUT2D eigenvalue weighted by atomic mass is 9.91. The second-order valence-electron chi connectivity index (χ2n) is 5.23. The highest BCUT2D eigenvalue weighted by Crippen LogP contribution is 2.28. The summed E-state index contributed by atoms with van der Waals surface area (Å²) >= 11 is 0. The molecule has 2 fully saturated rings. The first kappa shape index (κ1) is 12.4. The van der Waals surface area contributed by atoms with Crippen LogP contribution in [0, 0.1) is 11.3 Å². The summed E-state index contributed by atoms with van der Waals surface area (Å²) in [5, 5.41) is 12.4. The van der Waals surface area contributed by atoms with Gasteiger partial charge in [0.05, 0.1) is 12.2 Å². The van der Waals surface area contributed by atoms with Crippen LogP contribution in [0.4, 0.5) is 5.82 Å². The van der Waals surface area contributed by atoms with Crippen molar-refractivity contribution in [3.63, 3.8) is 0 Å². The van der Waals surface area contributed by atoms with E-state index in [9.17, 15) is 0 Å². The number of ether oxygens (including phenoxy) is 1. The zero-order chi connectivity index (χ0) is 13.1. The fourth-order valence-electron chi connectivity index (χ4n) is 2.92. The Morgan fingerprint density at radius 1 is 1.47 bits per heavy atom. The van der Waals surface area contributed by atoms with E-state index in [4.69, 9.17) is 10.00 Å². The minimum absolute atomic E-state index is 0.0825. The van der Waals surface area contributed by atoms with Gasteiger partial charge in [0.25, 0.3) is 0 Å². The van der Waals surface area contributed by atoms with Crippen LogP contribution in [-0.4, -0.2) is 43.4 Å². The maximum absolute atomic E-state index is 8.94. The molecule has 1 spiro atoms. The standard InChI is InChI=1S/C14H18N4O/c15-9-12-3-1-4-13(17-12)18-7-2-5-14(11-18)10-16-6-8-19-14/h1,3-4,16H,2,5-8,10-11H2/t14-/m0/s1. The van der Waals surface area contributed by atoms with Gasteiger partial charge < -0.3 is 15.0 Å². The molecule has 0 amide bonds. The van der Waals surface area contributed by atoms with Crippen LogP contribution >= 0.6 is 0 Å². The molecule has 3 rings (SSSR count). The van der Waals surface area contributed by atoms with Crippen LogP contribution in [0.5, 0.6) is 0 Å². The van der Waals surface area contributed by atoms with Crippen LogP contribution in [0.2, 0.25) is 0 Å². The zero-order valence-corrected chi connectivity index (χ0v) is 10.9. The molecule has 0 saturated carbocycles. The maximum atomic E-state index is 8.94. The zero-order valence-electron chi connectivity index (χ0n) is 10.9. The van der Waals surface area contributed by atoms with E-state index < -0.39 is 0 Å². The molecule has 2 aliphatic rings. The van der Waals surface area contributed by atoms with E-state index in [2.05, 4.69) is 21.3 Å². The Balaban J connectivity index is 1.79. The molecule has 0 radical (unpaired) electrons. The third-order valence-corrected chi connectivity index (χ3v) is 3.85. The second-order valence-corrected chi connectivity index (χ2v) is 5.23. The van der Waals surface area contributed by atoms with Crippen molar-refractivity contribution >= 4 is 5.82 Å². The van der Waals surface area contributed by atoms with E-state index >= 15 is 0 Å². The summed E-state index contributed by atoms with van der Waals surface area (Å²) < 4.78 is 6.02. The van der Waals surface area contributed by atoms with Crippen LogP contribution in [0.15, 0.2) is 18.2 Å². The Hall–Kier alpha value is -1.64. The molecule has 5 heteroatoms. The van der Waals surface area contributed by atoms with Gasteiger partial charge in [-0.2, -0.15) is 5.26 Å². The van der Waals surface area contributed by atoms with Crippen LogP contribution < -0.4 is 10.2 Å². The number of morpholine rings is 1. The summed E-state index contributed by atoms with van der Waals surface area (Å²) in [5.41, 5.74) is 0.390. The Labute approximate surface area is 113 Å². The normalized spacial score (nSPS) is 27.2. The molecule has 3 heterocycles. The van der Waals surface area contributed by atoms with Gasteiger partial charge >= 0.3 is 0 Å². The fraction of sp³-hybridized carbons (Fsp3) is 0.571. The average molecular weight is 258 g/mol. The molecule has 2 aliphatic heterocycles. The first-order chi connectivity index (χ1) is 9.31. The van der Waals surface area contributed by atoms with Gasteiger partial charge in [0.1, 0.15) is 17.6 Å². The number of hydrogen-bond acceptors (Lipinski definition) is 5.